The van der Waals surface area contributed by atoms with Crippen molar-refractivity contribution in [2.45, 2.75) is 25.6 Å². The van der Waals surface area contributed by atoms with Crippen molar-refractivity contribution < 1.29 is 9.47 Å². The lowest BCUT2D eigenvalue weighted by Gasteiger charge is -2.21. The summed E-state index contributed by atoms with van der Waals surface area (Å²) in [4.78, 5) is 3.99. The molecule has 0 saturated carbocycles. The van der Waals surface area contributed by atoms with Gasteiger partial charge in [0.2, 0.25) is 0 Å². The molecule has 1 atom stereocenters. The Balaban J connectivity index is 1.73. The van der Waals surface area contributed by atoms with E-state index in [1.165, 1.54) is 6.42 Å². The summed E-state index contributed by atoms with van der Waals surface area (Å²) < 4.78 is 10.9. The van der Waals surface area contributed by atoms with E-state index in [-0.39, 0.29) is 6.29 Å². The van der Waals surface area contributed by atoms with Gasteiger partial charge < -0.3 is 9.47 Å². The van der Waals surface area contributed by atoms with Crippen LogP contribution in [0.5, 0.6) is 0 Å². The average Bonchev–Trinajstić information content (AvgIpc) is 2.37. The maximum Gasteiger partial charge on any atom is 0.158 e. The second-order valence-electron chi connectivity index (χ2n) is 3.65. The Morgan fingerprint density at radius 2 is 2.50 bits per heavy atom. The van der Waals surface area contributed by atoms with Gasteiger partial charge in [0.15, 0.2) is 6.29 Å². The molecule has 1 aliphatic rings. The van der Waals surface area contributed by atoms with Crippen LogP contribution in [0.1, 0.15) is 24.8 Å². The fourth-order valence-corrected chi connectivity index (χ4v) is 1.55. The Hall–Kier alpha value is -1.37. The Kier molecular flexibility index (Phi) is 4.36. The molecule has 1 unspecified atom stereocenters. The number of ether oxygens (including phenoxy) is 2. The summed E-state index contributed by atoms with van der Waals surface area (Å²) in [5.41, 5.74) is 0.913. The van der Waals surface area contributed by atoms with E-state index in [1.807, 2.05) is 12.1 Å². The van der Waals surface area contributed by atoms with Crippen LogP contribution in [0.3, 0.4) is 0 Å². The number of aromatic nitrogens is 1. The lowest BCUT2D eigenvalue weighted by Crippen LogP contribution is -2.22. The molecule has 0 spiro atoms. The van der Waals surface area contributed by atoms with Gasteiger partial charge in [0, 0.05) is 24.6 Å². The first-order chi connectivity index (χ1) is 7.95. The normalized spacial score (nSPS) is 19.9. The van der Waals surface area contributed by atoms with E-state index >= 15 is 0 Å². The Morgan fingerprint density at radius 1 is 1.50 bits per heavy atom. The van der Waals surface area contributed by atoms with E-state index in [0.29, 0.717) is 6.61 Å². The zero-order chi connectivity index (χ0) is 11.1. The third-order valence-corrected chi connectivity index (χ3v) is 2.37. The predicted molar refractivity (Wildman–Crippen MR) is 60.7 cm³/mol. The van der Waals surface area contributed by atoms with Gasteiger partial charge in [0.1, 0.15) is 6.61 Å². The maximum absolute atomic E-state index is 5.49. The van der Waals surface area contributed by atoms with Crippen molar-refractivity contribution in [3.63, 3.8) is 0 Å². The van der Waals surface area contributed by atoms with Crippen LogP contribution in [-0.4, -0.2) is 24.5 Å². The SMILES string of the molecule is C(#Cc1cccnc1)COC1CCCCO1. The first kappa shape index (κ1) is 11.1. The van der Waals surface area contributed by atoms with Crippen LogP contribution in [0.2, 0.25) is 0 Å². The lowest BCUT2D eigenvalue weighted by atomic mass is 10.2. The highest BCUT2D eigenvalue weighted by molar-refractivity contribution is 5.30. The van der Waals surface area contributed by atoms with Crippen molar-refractivity contribution in [1.29, 1.82) is 0 Å². The zero-order valence-corrected chi connectivity index (χ0v) is 9.19. The molecule has 0 N–H and O–H groups in total. The minimum atomic E-state index is -0.0584. The zero-order valence-electron chi connectivity index (χ0n) is 9.19. The summed E-state index contributed by atoms with van der Waals surface area (Å²) in [5, 5.41) is 0. The predicted octanol–water partition coefficient (Wildman–Crippen LogP) is 1.98. The molecule has 1 aliphatic heterocycles. The number of hydrogen-bond donors (Lipinski definition) is 0. The fraction of sp³-hybridized carbons (Fsp3) is 0.462. The molecule has 1 fully saturated rings. The van der Waals surface area contributed by atoms with Crippen molar-refractivity contribution in [3.8, 4) is 11.8 Å². The number of nitrogens with zero attached hydrogens (tertiary/aromatic N) is 1. The summed E-state index contributed by atoms with van der Waals surface area (Å²) >= 11 is 0. The third kappa shape index (κ3) is 3.65. The van der Waals surface area contributed by atoms with E-state index in [4.69, 9.17) is 9.47 Å². The Morgan fingerprint density at radius 3 is 3.25 bits per heavy atom. The van der Waals surface area contributed by atoms with Crippen LogP contribution in [0.25, 0.3) is 0 Å². The van der Waals surface area contributed by atoms with E-state index in [0.717, 1.165) is 25.0 Å². The van der Waals surface area contributed by atoms with Gasteiger partial charge in [-0.25, -0.2) is 0 Å². The molecule has 0 aliphatic carbocycles. The molecular weight excluding hydrogens is 202 g/mol. The van der Waals surface area contributed by atoms with Gasteiger partial charge in [-0.15, -0.1) is 0 Å². The summed E-state index contributed by atoms with van der Waals surface area (Å²) in [7, 11) is 0. The van der Waals surface area contributed by atoms with E-state index in [2.05, 4.69) is 16.8 Å². The van der Waals surface area contributed by atoms with Crippen LogP contribution in [0.4, 0.5) is 0 Å². The van der Waals surface area contributed by atoms with E-state index < -0.39 is 0 Å². The molecule has 0 radical (unpaired) electrons. The average molecular weight is 217 g/mol. The molecule has 0 bridgehead atoms. The highest BCUT2D eigenvalue weighted by Crippen LogP contribution is 2.12. The van der Waals surface area contributed by atoms with Gasteiger partial charge in [0.05, 0.1) is 0 Å². The minimum absolute atomic E-state index is 0.0584. The van der Waals surface area contributed by atoms with Gasteiger partial charge in [-0.2, -0.15) is 0 Å². The monoisotopic (exact) mass is 217 g/mol. The number of rotatable bonds is 2. The van der Waals surface area contributed by atoms with Crippen molar-refractivity contribution in [3.05, 3.63) is 30.1 Å². The molecule has 16 heavy (non-hydrogen) atoms. The quantitative estimate of drug-likeness (QED) is 0.710. The molecule has 1 saturated heterocycles. The molecule has 2 rings (SSSR count). The highest BCUT2D eigenvalue weighted by Gasteiger charge is 2.12. The first-order valence-electron chi connectivity index (χ1n) is 5.57. The Bertz CT molecular complexity index is 361. The summed E-state index contributed by atoms with van der Waals surface area (Å²) in [5.74, 6) is 5.95. The summed E-state index contributed by atoms with van der Waals surface area (Å²) in [6, 6.07) is 3.80. The molecule has 0 aromatic carbocycles. The standard InChI is InChI=1S/C13H15NO2/c1-2-9-15-13(7-1)16-10-4-6-12-5-3-8-14-11-12/h3,5,8,11,13H,1-2,7,9-10H2. The number of hydrogen-bond acceptors (Lipinski definition) is 3. The van der Waals surface area contributed by atoms with Crippen LogP contribution >= 0.6 is 0 Å². The smallest absolute Gasteiger partial charge is 0.158 e. The van der Waals surface area contributed by atoms with Crippen molar-refractivity contribution in [1.82, 2.24) is 4.98 Å². The Labute approximate surface area is 95.8 Å². The molecule has 2 heterocycles. The van der Waals surface area contributed by atoms with Gasteiger partial charge in [0.25, 0.3) is 0 Å². The van der Waals surface area contributed by atoms with Gasteiger partial charge in [-0.1, -0.05) is 11.8 Å². The second-order valence-corrected chi connectivity index (χ2v) is 3.65. The molecule has 3 nitrogen and oxygen atoms in total. The largest absolute Gasteiger partial charge is 0.353 e. The topological polar surface area (TPSA) is 31.4 Å². The molecule has 1 aromatic heterocycles. The molecule has 84 valence electrons. The van der Waals surface area contributed by atoms with E-state index in [1.54, 1.807) is 12.4 Å². The fourth-order valence-electron chi connectivity index (χ4n) is 1.55. The van der Waals surface area contributed by atoms with E-state index in [9.17, 15) is 0 Å². The van der Waals surface area contributed by atoms with Crippen molar-refractivity contribution in [2.24, 2.45) is 0 Å². The summed E-state index contributed by atoms with van der Waals surface area (Å²) in [6.07, 6.45) is 6.72. The second kappa shape index (κ2) is 6.26. The van der Waals surface area contributed by atoms with Gasteiger partial charge in [-0.3, -0.25) is 4.98 Å². The minimum Gasteiger partial charge on any atom is -0.353 e. The van der Waals surface area contributed by atoms with Gasteiger partial charge in [-0.05, 0) is 31.4 Å². The van der Waals surface area contributed by atoms with Crippen molar-refractivity contribution >= 4 is 0 Å². The van der Waals surface area contributed by atoms with Crippen molar-refractivity contribution in [2.75, 3.05) is 13.2 Å². The van der Waals surface area contributed by atoms with Crippen LogP contribution in [0, 0.1) is 11.8 Å². The first-order valence-corrected chi connectivity index (χ1v) is 5.57. The van der Waals surface area contributed by atoms with Crippen LogP contribution in [0.15, 0.2) is 24.5 Å². The maximum atomic E-state index is 5.49. The van der Waals surface area contributed by atoms with Gasteiger partial charge >= 0.3 is 0 Å². The summed E-state index contributed by atoms with van der Waals surface area (Å²) in [6.45, 7) is 1.22. The molecular formula is C13H15NO2. The van der Waals surface area contributed by atoms with Crippen LogP contribution in [-0.2, 0) is 9.47 Å². The molecule has 1 aromatic rings. The third-order valence-electron chi connectivity index (χ3n) is 2.37. The molecule has 3 heteroatoms. The number of pyridine rings is 1. The highest BCUT2D eigenvalue weighted by atomic mass is 16.7. The molecule has 0 amide bonds. The lowest BCUT2D eigenvalue weighted by molar-refractivity contribution is -0.154. The van der Waals surface area contributed by atoms with Crippen LogP contribution < -0.4 is 0 Å².